The van der Waals surface area contributed by atoms with E-state index in [4.69, 9.17) is 16.3 Å². The first-order valence-corrected chi connectivity index (χ1v) is 8.32. The van der Waals surface area contributed by atoms with Gasteiger partial charge >= 0.3 is 0 Å². The smallest absolute Gasteiger partial charge is 0.276 e. The van der Waals surface area contributed by atoms with E-state index in [-0.39, 0.29) is 18.9 Å². The molecule has 7 heteroatoms. The van der Waals surface area contributed by atoms with Crippen LogP contribution in [0.4, 0.5) is 0 Å². The molecular formula is C17H16BrClN2O3. The summed E-state index contributed by atoms with van der Waals surface area (Å²) < 4.78 is 6.35. The summed E-state index contributed by atoms with van der Waals surface area (Å²) in [6.45, 7) is 1.69. The van der Waals surface area contributed by atoms with Gasteiger partial charge in [-0.3, -0.25) is 20.4 Å². The van der Waals surface area contributed by atoms with Crippen molar-refractivity contribution in [2.45, 2.75) is 13.3 Å². The number of amides is 2. The third kappa shape index (κ3) is 5.86. The molecule has 0 bridgehead atoms. The maximum atomic E-state index is 11.8. The number of nitrogens with one attached hydrogen (secondary N) is 2. The molecule has 2 aromatic rings. The molecule has 0 atom stereocenters. The molecule has 0 heterocycles. The van der Waals surface area contributed by atoms with Crippen LogP contribution in [0.5, 0.6) is 5.75 Å². The van der Waals surface area contributed by atoms with Crippen LogP contribution in [0.3, 0.4) is 0 Å². The van der Waals surface area contributed by atoms with Crippen LogP contribution in [0.2, 0.25) is 5.02 Å². The Morgan fingerprint density at radius 3 is 2.42 bits per heavy atom. The van der Waals surface area contributed by atoms with Crippen molar-refractivity contribution in [1.82, 2.24) is 10.9 Å². The second kappa shape index (κ2) is 8.70. The lowest BCUT2D eigenvalue weighted by molar-refractivity contribution is -0.129. The van der Waals surface area contributed by atoms with Gasteiger partial charge in [-0.2, -0.15) is 0 Å². The zero-order valence-corrected chi connectivity index (χ0v) is 15.3. The Morgan fingerprint density at radius 2 is 1.75 bits per heavy atom. The lowest BCUT2D eigenvalue weighted by atomic mass is 10.1. The maximum Gasteiger partial charge on any atom is 0.276 e. The fraction of sp³-hybridized carbons (Fsp3) is 0.176. The second-order valence-corrected chi connectivity index (χ2v) is 6.45. The molecule has 0 radical (unpaired) electrons. The van der Waals surface area contributed by atoms with Crippen molar-refractivity contribution in [2.24, 2.45) is 0 Å². The number of halogens is 2. The Labute approximate surface area is 153 Å². The van der Waals surface area contributed by atoms with Gasteiger partial charge in [0.1, 0.15) is 5.75 Å². The Kier molecular flexibility index (Phi) is 6.63. The topological polar surface area (TPSA) is 67.4 Å². The lowest BCUT2D eigenvalue weighted by Gasteiger charge is -2.10. The predicted octanol–water partition coefficient (Wildman–Crippen LogP) is 3.18. The molecule has 0 saturated carbocycles. The highest BCUT2D eigenvalue weighted by molar-refractivity contribution is 9.10. The first-order valence-electron chi connectivity index (χ1n) is 7.15. The van der Waals surface area contributed by atoms with E-state index in [1.54, 1.807) is 30.3 Å². The summed E-state index contributed by atoms with van der Waals surface area (Å²) in [4.78, 5) is 23.5. The molecule has 0 aliphatic carbocycles. The van der Waals surface area contributed by atoms with Crippen LogP contribution in [-0.2, 0) is 16.0 Å². The molecule has 0 aliphatic heterocycles. The molecule has 2 rings (SSSR count). The Bertz CT molecular complexity index is 735. The third-order valence-corrected chi connectivity index (χ3v) is 3.86. The highest BCUT2D eigenvalue weighted by Gasteiger charge is 2.08. The fourth-order valence-electron chi connectivity index (χ4n) is 1.93. The van der Waals surface area contributed by atoms with Gasteiger partial charge in [0.2, 0.25) is 5.91 Å². The van der Waals surface area contributed by atoms with Crippen LogP contribution in [0.1, 0.15) is 11.1 Å². The van der Waals surface area contributed by atoms with Crippen molar-refractivity contribution < 1.29 is 14.3 Å². The highest BCUT2D eigenvalue weighted by Crippen LogP contribution is 2.21. The molecule has 0 unspecified atom stereocenters. The van der Waals surface area contributed by atoms with E-state index in [9.17, 15) is 9.59 Å². The number of carbonyl (C=O) groups is 2. The van der Waals surface area contributed by atoms with E-state index < -0.39 is 5.91 Å². The third-order valence-electron chi connectivity index (χ3n) is 3.12. The molecule has 0 aromatic heterocycles. The molecule has 126 valence electrons. The van der Waals surface area contributed by atoms with Crippen molar-refractivity contribution in [3.8, 4) is 5.75 Å². The van der Waals surface area contributed by atoms with Gasteiger partial charge in [-0.05, 0) is 48.4 Å². The van der Waals surface area contributed by atoms with E-state index in [0.29, 0.717) is 10.8 Å². The normalized spacial score (nSPS) is 10.1. The van der Waals surface area contributed by atoms with Gasteiger partial charge in [0, 0.05) is 9.50 Å². The monoisotopic (exact) mass is 410 g/mol. The molecular weight excluding hydrogens is 396 g/mol. The van der Waals surface area contributed by atoms with E-state index >= 15 is 0 Å². The first-order chi connectivity index (χ1) is 11.4. The summed E-state index contributed by atoms with van der Waals surface area (Å²) >= 11 is 9.14. The lowest BCUT2D eigenvalue weighted by Crippen LogP contribution is -2.44. The summed E-state index contributed by atoms with van der Waals surface area (Å²) in [6, 6.07) is 12.4. The van der Waals surface area contributed by atoms with Gasteiger partial charge in [-0.1, -0.05) is 39.7 Å². The fourth-order valence-corrected chi connectivity index (χ4v) is 2.53. The second-order valence-electron chi connectivity index (χ2n) is 5.10. The van der Waals surface area contributed by atoms with Gasteiger partial charge in [-0.25, -0.2) is 0 Å². The summed E-state index contributed by atoms with van der Waals surface area (Å²) in [6.07, 6.45) is 0.143. The largest absolute Gasteiger partial charge is 0.483 e. The summed E-state index contributed by atoms with van der Waals surface area (Å²) in [5.74, 6) is -0.159. The molecule has 2 amide bonds. The van der Waals surface area contributed by atoms with Crippen LogP contribution in [-0.4, -0.2) is 18.4 Å². The zero-order chi connectivity index (χ0) is 17.5. The molecule has 24 heavy (non-hydrogen) atoms. The minimum Gasteiger partial charge on any atom is -0.483 e. The van der Waals surface area contributed by atoms with Gasteiger partial charge in [0.05, 0.1) is 6.42 Å². The number of aryl methyl sites for hydroxylation is 1. The number of carbonyl (C=O) groups excluding carboxylic acids is 2. The Morgan fingerprint density at radius 1 is 1.08 bits per heavy atom. The average Bonchev–Trinajstić information content (AvgIpc) is 2.54. The van der Waals surface area contributed by atoms with E-state index in [2.05, 4.69) is 26.8 Å². The number of ether oxygens (including phenoxy) is 1. The summed E-state index contributed by atoms with van der Waals surface area (Å²) in [5, 5.41) is 0.604. The van der Waals surface area contributed by atoms with Crippen molar-refractivity contribution >= 4 is 39.3 Å². The van der Waals surface area contributed by atoms with Gasteiger partial charge in [0.15, 0.2) is 6.61 Å². The van der Waals surface area contributed by atoms with Crippen molar-refractivity contribution in [2.75, 3.05) is 6.61 Å². The number of hydrazine groups is 1. The molecule has 0 spiro atoms. The molecule has 2 aromatic carbocycles. The standard InChI is InChI=1S/C17H16BrClN2O3/c1-11-8-13(18)4-7-15(11)24-10-17(23)21-20-16(22)9-12-2-5-14(19)6-3-12/h2-8H,9-10H2,1H3,(H,20,22)(H,21,23). The molecule has 0 aliphatic rings. The van der Waals surface area contributed by atoms with Crippen LogP contribution < -0.4 is 15.6 Å². The van der Waals surface area contributed by atoms with Gasteiger partial charge in [0.25, 0.3) is 5.91 Å². The summed E-state index contributed by atoms with van der Waals surface area (Å²) in [7, 11) is 0. The average molecular weight is 412 g/mol. The number of rotatable bonds is 5. The Hall–Kier alpha value is -2.05. The minimum atomic E-state index is -0.443. The maximum absolute atomic E-state index is 11.8. The minimum absolute atomic E-state index is 0.143. The van der Waals surface area contributed by atoms with Crippen molar-refractivity contribution in [1.29, 1.82) is 0 Å². The number of benzene rings is 2. The predicted molar refractivity (Wildman–Crippen MR) is 95.8 cm³/mol. The van der Waals surface area contributed by atoms with Gasteiger partial charge < -0.3 is 4.74 Å². The van der Waals surface area contributed by atoms with E-state index in [1.807, 2.05) is 19.1 Å². The molecule has 0 fully saturated rings. The molecule has 5 nitrogen and oxygen atoms in total. The summed E-state index contributed by atoms with van der Waals surface area (Å²) in [5.41, 5.74) is 6.37. The zero-order valence-electron chi connectivity index (χ0n) is 12.9. The van der Waals surface area contributed by atoms with Crippen molar-refractivity contribution in [3.05, 3.63) is 63.1 Å². The number of hydrogen-bond acceptors (Lipinski definition) is 3. The SMILES string of the molecule is Cc1cc(Br)ccc1OCC(=O)NNC(=O)Cc1ccc(Cl)cc1. The van der Waals surface area contributed by atoms with Crippen LogP contribution in [0, 0.1) is 6.92 Å². The quantitative estimate of drug-likeness (QED) is 0.743. The van der Waals surface area contributed by atoms with Crippen molar-refractivity contribution in [3.63, 3.8) is 0 Å². The van der Waals surface area contributed by atoms with Gasteiger partial charge in [-0.15, -0.1) is 0 Å². The van der Waals surface area contributed by atoms with Crippen LogP contribution in [0.15, 0.2) is 46.9 Å². The van der Waals surface area contributed by atoms with E-state index in [1.165, 1.54) is 0 Å². The van der Waals surface area contributed by atoms with Crippen LogP contribution in [0.25, 0.3) is 0 Å². The molecule has 0 saturated heterocycles. The van der Waals surface area contributed by atoms with Crippen LogP contribution >= 0.6 is 27.5 Å². The molecule has 2 N–H and O–H groups in total. The number of hydrogen-bond donors (Lipinski definition) is 2. The highest BCUT2D eigenvalue weighted by atomic mass is 79.9. The Balaban J connectivity index is 1.74. The van der Waals surface area contributed by atoms with E-state index in [0.717, 1.165) is 15.6 Å². The first kappa shape index (κ1) is 18.3.